The quantitative estimate of drug-likeness (QED) is 0.672. The van der Waals surface area contributed by atoms with Crippen LogP contribution in [-0.4, -0.2) is 23.6 Å². The number of nitrogens with one attached hydrogen (secondary N) is 1. The van der Waals surface area contributed by atoms with Crippen molar-refractivity contribution in [1.29, 1.82) is 0 Å². The fourth-order valence-corrected chi connectivity index (χ4v) is 1.66. The van der Waals surface area contributed by atoms with Crippen LogP contribution in [0.5, 0.6) is 5.75 Å². The van der Waals surface area contributed by atoms with Crippen LogP contribution in [-0.2, 0) is 4.79 Å². The van der Waals surface area contributed by atoms with Crippen LogP contribution in [0.3, 0.4) is 0 Å². The normalized spacial score (nSPS) is 9.82. The molecule has 4 nitrogen and oxygen atoms in total. The molecule has 0 fully saturated rings. The van der Waals surface area contributed by atoms with Crippen LogP contribution in [0.1, 0.15) is 24.2 Å². The summed E-state index contributed by atoms with van der Waals surface area (Å²) in [5, 5.41) is 2.92. The van der Waals surface area contributed by atoms with Crippen molar-refractivity contribution in [2.24, 2.45) is 0 Å². The van der Waals surface area contributed by atoms with Crippen molar-refractivity contribution < 1.29 is 14.3 Å². The highest BCUT2D eigenvalue weighted by molar-refractivity contribution is 9.09. The molecular formula is C12H14BrNO3. The SMILES string of the molecule is CCOc1cc(C(=O)CBr)ccc1NC(C)=O. The molecule has 0 bridgehead atoms. The zero-order valence-corrected chi connectivity index (χ0v) is 11.3. The van der Waals surface area contributed by atoms with E-state index in [4.69, 9.17) is 4.74 Å². The van der Waals surface area contributed by atoms with E-state index in [2.05, 4.69) is 21.2 Å². The van der Waals surface area contributed by atoms with Crippen LogP contribution in [0.2, 0.25) is 0 Å². The summed E-state index contributed by atoms with van der Waals surface area (Å²) < 4.78 is 5.39. The third kappa shape index (κ3) is 3.85. The van der Waals surface area contributed by atoms with Gasteiger partial charge in [-0.25, -0.2) is 0 Å². The lowest BCUT2D eigenvalue weighted by atomic mass is 10.1. The molecule has 1 N–H and O–H groups in total. The highest BCUT2D eigenvalue weighted by atomic mass is 79.9. The molecule has 0 saturated carbocycles. The Hall–Kier alpha value is -1.36. The molecule has 0 aliphatic heterocycles. The average Bonchev–Trinajstić information content (AvgIpc) is 2.30. The Bertz CT molecular complexity index is 432. The molecule has 1 rings (SSSR count). The van der Waals surface area contributed by atoms with Crippen molar-refractivity contribution in [2.75, 3.05) is 17.3 Å². The number of carbonyl (C=O) groups excluding carboxylic acids is 2. The van der Waals surface area contributed by atoms with E-state index in [9.17, 15) is 9.59 Å². The van der Waals surface area contributed by atoms with Gasteiger partial charge < -0.3 is 10.1 Å². The summed E-state index contributed by atoms with van der Waals surface area (Å²) >= 11 is 3.11. The van der Waals surface area contributed by atoms with E-state index in [1.807, 2.05) is 6.92 Å². The molecule has 17 heavy (non-hydrogen) atoms. The van der Waals surface area contributed by atoms with Gasteiger partial charge in [-0.2, -0.15) is 0 Å². The fourth-order valence-electron chi connectivity index (χ4n) is 1.34. The zero-order valence-electron chi connectivity index (χ0n) is 9.75. The Labute approximate surface area is 108 Å². The standard InChI is InChI=1S/C12H14BrNO3/c1-3-17-12-6-9(11(16)7-13)4-5-10(12)14-8(2)15/h4-6H,3,7H2,1-2H3,(H,14,15). The number of hydrogen-bond donors (Lipinski definition) is 1. The van der Waals surface area contributed by atoms with Crippen LogP contribution in [0, 0.1) is 0 Å². The Balaban J connectivity index is 3.07. The molecule has 1 aromatic carbocycles. The zero-order chi connectivity index (χ0) is 12.8. The van der Waals surface area contributed by atoms with Gasteiger partial charge in [0.1, 0.15) is 5.75 Å². The molecule has 0 aliphatic carbocycles. The first-order valence-electron chi connectivity index (χ1n) is 5.22. The van der Waals surface area contributed by atoms with Crippen molar-refractivity contribution in [3.63, 3.8) is 0 Å². The van der Waals surface area contributed by atoms with Crippen LogP contribution in [0.4, 0.5) is 5.69 Å². The molecule has 0 atom stereocenters. The number of carbonyl (C=O) groups is 2. The average molecular weight is 300 g/mol. The van der Waals surface area contributed by atoms with Gasteiger partial charge in [-0.1, -0.05) is 15.9 Å². The van der Waals surface area contributed by atoms with E-state index in [1.165, 1.54) is 6.92 Å². The van der Waals surface area contributed by atoms with Crippen LogP contribution < -0.4 is 10.1 Å². The van der Waals surface area contributed by atoms with Gasteiger partial charge in [-0.05, 0) is 25.1 Å². The number of amides is 1. The molecule has 0 aliphatic rings. The number of benzene rings is 1. The summed E-state index contributed by atoms with van der Waals surface area (Å²) in [6.45, 7) is 3.74. The maximum atomic E-state index is 11.5. The molecule has 0 radical (unpaired) electrons. The number of Topliss-reactive ketones (excluding diaryl/α,β-unsaturated/α-hetero) is 1. The van der Waals surface area contributed by atoms with Gasteiger partial charge in [-0.3, -0.25) is 9.59 Å². The van der Waals surface area contributed by atoms with Gasteiger partial charge in [0.2, 0.25) is 5.91 Å². The molecule has 0 aromatic heterocycles. The third-order valence-corrected chi connectivity index (χ3v) is 2.54. The van der Waals surface area contributed by atoms with Crippen LogP contribution >= 0.6 is 15.9 Å². The second-order valence-electron chi connectivity index (χ2n) is 3.38. The van der Waals surface area contributed by atoms with Gasteiger partial charge in [0.25, 0.3) is 0 Å². The summed E-state index contributed by atoms with van der Waals surface area (Å²) in [5.41, 5.74) is 1.13. The van der Waals surface area contributed by atoms with E-state index in [0.29, 0.717) is 23.6 Å². The highest BCUT2D eigenvalue weighted by Gasteiger charge is 2.10. The summed E-state index contributed by atoms with van der Waals surface area (Å²) in [4.78, 5) is 22.5. The summed E-state index contributed by atoms with van der Waals surface area (Å²) in [7, 11) is 0. The van der Waals surface area contributed by atoms with Crippen molar-refractivity contribution >= 4 is 33.3 Å². The Morgan fingerprint density at radius 3 is 2.65 bits per heavy atom. The molecule has 92 valence electrons. The van der Waals surface area contributed by atoms with Crippen LogP contribution in [0.25, 0.3) is 0 Å². The minimum Gasteiger partial charge on any atom is -0.492 e. The van der Waals surface area contributed by atoms with Gasteiger partial charge in [0.15, 0.2) is 5.78 Å². The minimum absolute atomic E-state index is 0.0275. The van der Waals surface area contributed by atoms with Gasteiger partial charge in [-0.15, -0.1) is 0 Å². The van der Waals surface area contributed by atoms with Crippen molar-refractivity contribution in [2.45, 2.75) is 13.8 Å². The van der Waals surface area contributed by atoms with E-state index < -0.39 is 0 Å². The summed E-state index contributed by atoms with van der Waals surface area (Å²) in [6.07, 6.45) is 0. The first-order chi connectivity index (χ1) is 8.08. The second kappa shape index (κ2) is 6.39. The molecular weight excluding hydrogens is 286 g/mol. The Morgan fingerprint density at radius 2 is 2.12 bits per heavy atom. The second-order valence-corrected chi connectivity index (χ2v) is 3.94. The Morgan fingerprint density at radius 1 is 1.41 bits per heavy atom. The van der Waals surface area contributed by atoms with Crippen molar-refractivity contribution in [1.82, 2.24) is 0 Å². The first kappa shape index (κ1) is 13.7. The molecule has 1 aromatic rings. The maximum Gasteiger partial charge on any atom is 0.221 e. The monoisotopic (exact) mass is 299 g/mol. The number of anilines is 1. The predicted octanol–water partition coefficient (Wildman–Crippen LogP) is 2.62. The van der Waals surface area contributed by atoms with Gasteiger partial charge in [0, 0.05) is 12.5 Å². The highest BCUT2D eigenvalue weighted by Crippen LogP contribution is 2.26. The lowest BCUT2D eigenvalue weighted by molar-refractivity contribution is -0.114. The minimum atomic E-state index is -0.175. The lowest BCUT2D eigenvalue weighted by Crippen LogP contribution is -2.09. The van der Waals surface area contributed by atoms with Crippen molar-refractivity contribution in [3.05, 3.63) is 23.8 Å². The van der Waals surface area contributed by atoms with E-state index >= 15 is 0 Å². The fraction of sp³-hybridized carbons (Fsp3) is 0.333. The smallest absolute Gasteiger partial charge is 0.221 e. The number of hydrogen-bond acceptors (Lipinski definition) is 3. The lowest BCUT2D eigenvalue weighted by Gasteiger charge is -2.11. The Kier molecular flexibility index (Phi) is 5.15. The number of ether oxygens (including phenoxy) is 1. The summed E-state index contributed by atoms with van der Waals surface area (Å²) in [5.74, 6) is 0.306. The predicted molar refractivity (Wildman–Crippen MR) is 70.0 cm³/mol. The first-order valence-corrected chi connectivity index (χ1v) is 6.34. The van der Waals surface area contributed by atoms with Crippen LogP contribution in [0.15, 0.2) is 18.2 Å². The number of rotatable bonds is 5. The number of halogens is 1. The van der Waals surface area contributed by atoms with E-state index in [0.717, 1.165) is 0 Å². The molecule has 1 amide bonds. The molecule has 5 heteroatoms. The topological polar surface area (TPSA) is 55.4 Å². The van der Waals surface area contributed by atoms with E-state index in [-0.39, 0.29) is 17.0 Å². The number of ketones is 1. The third-order valence-electron chi connectivity index (χ3n) is 2.04. The number of alkyl halides is 1. The molecule has 0 spiro atoms. The van der Waals surface area contributed by atoms with Gasteiger partial charge in [0.05, 0.1) is 17.6 Å². The van der Waals surface area contributed by atoms with Crippen molar-refractivity contribution in [3.8, 4) is 5.75 Å². The van der Waals surface area contributed by atoms with Gasteiger partial charge >= 0.3 is 0 Å². The molecule has 0 saturated heterocycles. The van der Waals surface area contributed by atoms with E-state index in [1.54, 1.807) is 18.2 Å². The largest absolute Gasteiger partial charge is 0.492 e. The molecule has 0 unspecified atom stereocenters. The maximum absolute atomic E-state index is 11.5. The summed E-state index contributed by atoms with van der Waals surface area (Å²) in [6, 6.07) is 4.97. The molecule has 0 heterocycles.